The second-order valence-electron chi connectivity index (χ2n) is 7.57. The molecule has 2 aromatic carbocycles. The van der Waals surface area contributed by atoms with Gasteiger partial charge in [0.1, 0.15) is 19.3 Å². The van der Waals surface area contributed by atoms with E-state index in [2.05, 4.69) is 10.1 Å². The number of alkyl carbamates (subject to hydrolysis) is 1. The fourth-order valence-electron chi connectivity index (χ4n) is 3.33. The van der Waals surface area contributed by atoms with Crippen LogP contribution < -0.4 is 5.32 Å². The molecule has 2 aromatic rings. The van der Waals surface area contributed by atoms with Crippen LogP contribution in [0.3, 0.4) is 0 Å². The second-order valence-corrected chi connectivity index (χ2v) is 9.09. The van der Waals surface area contributed by atoms with E-state index in [1.165, 1.54) is 6.92 Å². The van der Waals surface area contributed by atoms with Gasteiger partial charge in [-0.3, -0.25) is 14.5 Å². The lowest BCUT2D eigenvalue weighted by Crippen LogP contribution is -2.48. The maximum atomic E-state index is 12.9. The molecule has 0 fully saturated rings. The molecule has 3 amide bonds. The van der Waals surface area contributed by atoms with E-state index in [1.807, 2.05) is 0 Å². The number of fused-ring (bicyclic) bond motifs is 1. The zero-order valence-corrected chi connectivity index (χ0v) is 22.2. The first-order chi connectivity index (χ1) is 17.5. The largest absolute Gasteiger partial charge is 0.467 e. The highest BCUT2D eigenvalue weighted by atomic mass is 35.5. The number of nitrogens with one attached hydrogen (secondary N) is 1. The molecule has 0 aromatic heterocycles. The van der Waals surface area contributed by atoms with Crippen molar-refractivity contribution in [2.75, 3.05) is 13.7 Å². The number of esters is 2. The van der Waals surface area contributed by atoms with E-state index in [1.54, 1.807) is 30.3 Å². The first-order valence-electron chi connectivity index (χ1n) is 10.4. The Balaban J connectivity index is 1.67. The minimum absolute atomic E-state index is 0.0731. The number of carbonyl (C=O) groups excluding carboxylic acids is 5. The molecule has 0 bridgehead atoms. The van der Waals surface area contributed by atoms with Crippen LogP contribution in [-0.4, -0.2) is 60.5 Å². The molecule has 196 valence electrons. The molecule has 1 aliphatic heterocycles. The Bertz CT molecular complexity index is 1220. The molecule has 14 heteroatoms. The Hall–Kier alpha value is -3.05. The van der Waals surface area contributed by atoms with Crippen molar-refractivity contribution in [2.24, 2.45) is 0 Å². The van der Waals surface area contributed by atoms with Gasteiger partial charge in [0.25, 0.3) is 11.8 Å². The molecule has 10 nitrogen and oxygen atoms in total. The highest BCUT2D eigenvalue weighted by Crippen LogP contribution is 2.45. The highest BCUT2D eigenvalue weighted by Gasteiger charge is 2.46. The zero-order valence-electron chi connectivity index (χ0n) is 19.2. The van der Waals surface area contributed by atoms with Gasteiger partial charge in [0.2, 0.25) is 0 Å². The van der Waals surface area contributed by atoms with E-state index in [0.717, 1.165) is 7.11 Å². The summed E-state index contributed by atoms with van der Waals surface area (Å²) in [5, 5.41) is 1.20. The maximum Gasteiger partial charge on any atom is 0.408 e. The molecule has 0 radical (unpaired) electrons. The van der Waals surface area contributed by atoms with E-state index in [0.29, 0.717) is 10.5 Å². The fraction of sp³-hybridized carbons (Fsp3) is 0.261. The zero-order chi connectivity index (χ0) is 27.4. The predicted molar refractivity (Wildman–Crippen MR) is 133 cm³/mol. The molecule has 0 saturated heterocycles. The second kappa shape index (κ2) is 12.0. The van der Waals surface area contributed by atoms with Gasteiger partial charge >= 0.3 is 18.0 Å². The number of methoxy groups -OCH3 is 1. The Kier molecular flexibility index (Phi) is 9.25. The summed E-state index contributed by atoms with van der Waals surface area (Å²) in [6.45, 7) is 0.457. The van der Waals surface area contributed by atoms with E-state index in [4.69, 9.17) is 55.9 Å². The average molecular weight is 592 g/mol. The van der Waals surface area contributed by atoms with Gasteiger partial charge in [-0.2, -0.15) is 0 Å². The summed E-state index contributed by atoms with van der Waals surface area (Å²) in [6.07, 6.45) is -0.971. The number of nitrogens with zero attached hydrogens (tertiary/aromatic N) is 1. The number of ether oxygens (including phenoxy) is 3. The Labute approximate surface area is 230 Å². The summed E-state index contributed by atoms with van der Waals surface area (Å²) in [5.41, 5.74) is 0.0956. The summed E-state index contributed by atoms with van der Waals surface area (Å²) in [5.74, 6) is -3.89. The number of imide groups is 1. The fourth-order valence-corrected chi connectivity index (χ4v) is 4.34. The molecule has 0 aliphatic carbocycles. The van der Waals surface area contributed by atoms with E-state index >= 15 is 0 Å². The van der Waals surface area contributed by atoms with Gasteiger partial charge in [-0.05, 0) is 12.5 Å². The molecule has 1 N–H and O–H groups in total. The minimum atomic E-state index is -1.47. The molecule has 0 unspecified atom stereocenters. The van der Waals surface area contributed by atoms with Crippen LogP contribution in [0.2, 0.25) is 20.1 Å². The number of hydrogen-bond acceptors (Lipinski definition) is 8. The van der Waals surface area contributed by atoms with Crippen LogP contribution in [0.5, 0.6) is 0 Å². The number of amides is 3. The first-order valence-corrected chi connectivity index (χ1v) is 12.0. The summed E-state index contributed by atoms with van der Waals surface area (Å²) >= 11 is 24.2. The smallest absolute Gasteiger partial charge is 0.408 e. The van der Waals surface area contributed by atoms with Gasteiger partial charge in [-0.15, -0.1) is 0 Å². The normalized spacial score (nSPS) is 14.1. The lowest BCUT2D eigenvalue weighted by molar-refractivity contribution is -0.152. The average Bonchev–Trinajstić information content (AvgIpc) is 3.16. The van der Waals surface area contributed by atoms with Crippen LogP contribution in [0.25, 0.3) is 0 Å². The van der Waals surface area contributed by atoms with Crippen molar-refractivity contribution in [3.63, 3.8) is 0 Å². The summed E-state index contributed by atoms with van der Waals surface area (Å²) in [7, 11) is 1.07. The van der Waals surface area contributed by atoms with Crippen molar-refractivity contribution >= 4 is 76.2 Å². The summed E-state index contributed by atoms with van der Waals surface area (Å²) in [6, 6.07) is 5.86. The van der Waals surface area contributed by atoms with E-state index in [9.17, 15) is 24.0 Å². The standard InChI is InChI=1S/C23H18Cl4N2O8/c1-10(29-19(30)13-14(20(29)31)16(25)18(27)17(26)15(13)24)21(32)36-9-12(22(33)35-2)28-23(34)37-8-11-6-4-3-5-7-11/h3-7,10,12H,8-9H2,1-2H3,(H,28,34)/t10-,12-/m0/s1. The predicted octanol–water partition coefficient (Wildman–Crippen LogP) is 4.30. The quantitative estimate of drug-likeness (QED) is 0.158. The number of benzene rings is 2. The molecular formula is C23H18Cl4N2O8. The van der Waals surface area contributed by atoms with Crippen LogP contribution in [0, 0.1) is 0 Å². The van der Waals surface area contributed by atoms with Gasteiger partial charge in [-0.25, -0.2) is 14.4 Å². The third-order valence-electron chi connectivity index (χ3n) is 5.24. The lowest BCUT2D eigenvalue weighted by atomic mass is 10.1. The van der Waals surface area contributed by atoms with Crippen LogP contribution in [-0.2, 0) is 30.4 Å². The molecule has 0 saturated carbocycles. The van der Waals surface area contributed by atoms with Gasteiger partial charge in [0.05, 0.1) is 38.3 Å². The highest BCUT2D eigenvalue weighted by molar-refractivity contribution is 6.55. The topological polar surface area (TPSA) is 128 Å². The Morgan fingerprint density at radius 3 is 1.92 bits per heavy atom. The van der Waals surface area contributed by atoms with Gasteiger partial charge in [0.15, 0.2) is 6.04 Å². The monoisotopic (exact) mass is 590 g/mol. The maximum absolute atomic E-state index is 12.9. The Morgan fingerprint density at radius 1 is 0.865 bits per heavy atom. The van der Waals surface area contributed by atoms with Crippen molar-refractivity contribution in [3.8, 4) is 0 Å². The molecule has 1 aliphatic rings. The summed E-state index contributed by atoms with van der Waals surface area (Å²) in [4.78, 5) is 63.4. The van der Waals surface area contributed by atoms with Crippen LogP contribution >= 0.6 is 46.4 Å². The molecule has 1 heterocycles. The van der Waals surface area contributed by atoms with Crippen molar-refractivity contribution in [3.05, 3.63) is 67.1 Å². The SMILES string of the molecule is COC(=O)[C@H](COC(=O)[C@H](C)N1C(=O)c2c(Cl)c(Cl)c(Cl)c(Cl)c2C1=O)NC(=O)OCc1ccccc1. The summed E-state index contributed by atoms with van der Waals surface area (Å²) < 4.78 is 14.8. The van der Waals surface area contributed by atoms with Gasteiger partial charge < -0.3 is 19.5 Å². The van der Waals surface area contributed by atoms with Gasteiger partial charge in [-0.1, -0.05) is 76.7 Å². The van der Waals surface area contributed by atoms with Crippen molar-refractivity contribution in [2.45, 2.75) is 25.6 Å². The number of rotatable bonds is 8. The molecule has 0 spiro atoms. The third kappa shape index (κ3) is 5.93. The number of carbonyl (C=O) groups is 5. The molecule has 2 atom stereocenters. The first kappa shape index (κ1) is 28.5. The van der Waals surface area contributed by atoms with Crippen molar-refractivity contribution in [1.82, 2.24) is 10.2 Å². The van der Waals surface area contributed by atoms with Crippen LogP contribution in [0.1, 0.15) is 33.2 Å². The van der Waals surface area contributed by atoms with Crippen LogP contribution in [0.15, 0.2) is 30.3 Å². The minimum Gasteiger partial charge on any atom is -0.467 e. The van der Waals surface area contributed by atoms with Crippen LogP contribution in [0.4, 0.5) is 4.79 Å². The number of hydrogen-bond donors (Lipinski definition) is 1. The molecule has 3 rings (SSSR count). The van der Waals surface area contributed by atoms with Crippen molar-refractivity contribution < 1.29 is 38.2 Å². The van der Waals surface area contributed by atoms with Crippen molar-refractivity contribution in [1.29, 1.82) is 0 Å². The third-order valence-corrected chi connectivity index (χ3v) is 7.05. The number of halogens is 4. The lowest BCUT2D eigenvalue weighted by Gasteiger charge is -2.22. The van der Waals surface area contributed by atoms with E-state index in [-0.39, 0.29) is 37.8 Å². The van der Waals surface area contributed by atoms with Gasteiger partial charge in [0, 0.05) is 0 Å². The molecular weight excluding hydrogens is 574 g/mol. The Morgan fingerprint density at radius 2 is 1.41 bits per heavy atom. The molecule has 37 heavy (non-hydrogen) atoms. The van der Waals surface area contributed by atoms with E-state index < -0.39 is 48.5 Å².